The Balaban J connectivity index is 1.50. The molecule has 0 spiro atoms. The lowest BCUT2D eigenvalue weighted by Crippen LogP contribution is -2.25. The van der Waals surface area contributed by atoms with E-state index in [1.165, 1.54) is 12.0 Å². The fourth-order valence-corrected chi connectivity index (χ4v) is 3.71. The number of hydrogen-bond donors (Lipinski definition) is 0. The Bertz CT molecular complexity index is 765. The third-order valence-corrected chi connectivity index (χ3v) is 4.86. The van der Waals surface area contributed by atoms with Crippen LogP contribution in [0.25, 0.3) is 0 Å². The number of aromatic nitrogens is 2. The molecule has 1 unspecified atom stereocenters. The monoisotopic (exact) mass is 354 g/mol. The lowest BCUT2D eigenvalue weighted by atomic mass is 10.1. The summed E-state index contributed by atoms with van der Waals surface area (Å²) < 4.78 is 11.3. The lowest BCUT2D eigenvalue weighted by Gasteiger charge is -2.25. The topological polar surface area (TPSA) is 50.7 Å². The smallest absolute Gasteiger partial charge is 0.161 e. The van der Waals surface area contributed by atoms with Crippen LogP contribution in [0.5, 0.6) is 11.5 Å². The van der Waals surface area contributed by atoms with E-state index >= 15 is 0 Å². The molecule has 2 aliphatic heterocycles. The molecule has 6 heteroatoms. The Morgan fingerprint density at radius 1 is 1.15 bits per heavy atom. The highest BCUT2D eigenvalue weighted by Crippen LogP contribution is 2.34. The molecule has 1 saturated heterocycles. The van der Waals surface area contributed by atoms with Crippen LogP contribution >= 0.6 is 0 Å². The fourth-order valence-electron chi connectivity index (χ4n) is 3.71. The zero-order valence-corrected chi connectivity index (χ0v) is 15.5. The first-order chi connectivity index (χ1) is 12.7. The van der Waals surface area contributed by atoms with Gasteiger partial charge in [0.15, 0.2) is 11.5 Å². The van der Waals surface area contributed by atoms with Crippen molar-refractivity contribution in [3.63, 3.8) is 0 Å². The minimum Gasteiger partial charge on any atom is -0.486 e. The van der Waals surface area contributed by atoms with E-state index in [4.69, 9.17) is 14.5 Å². The molecule has 2 aliphatic rings. The van der Waals surface area contributed by atoms with Crippen LogP contribution in [0.15, 0.2) is 30.5 Å². The van der Waals surface area contributed by atoms with Crippen molar-refractivity contribution >= 4 is 0 Å². The number of ether oxygens (including phenoxy) is 2. The van der Waals surface area contributed by atoms with Crippen LogP contribution in [-0.4, -0.2) is 53.6 Å². The summed E-state index contributed by atoms with van der Waals surface area (Å²) >= 11 is 0. The summed E-state index contributed by atoms with van der Waals surface area (Å²) in [7, 11) is 4.12. The molecule has 1 fully saturated rings. The largest absolute Gasteiger partial charge is 0.486 e. The minimum absolute atomic E-state index is 0.283. The predicted molar refractivity (Wildman–Crippen MR) is 99.2 cm³/mol. The van der Waals surface area contributed by atoms with Gasteiger partial charge in [0.25, 0.3) is 0 Å². The van der Waals surface area contributed by atoms with Gasteiger partial charge in [0.1, 0.15) is 19.0 Å². The molecule has 138 valence electrons. The average molecular weight is 354 g/mol. The third kappa shape index (κ3) is 3.81. The highest BCUT2D eigenvalue weighted by molar-refractivity contribution is 5.43. The summed E-state index contributed by atoms with van der Waals surface area (Å²) in [6.45, 7) is 4.03. The van der Waals surface area contributed by atoms with Crippen molar-refractivity contribution in [3.05, 3.63) is 47.5 Å². The van der Waals surface area contributed by atoms with Crippen molar-refractivity contribution < 1.29 is 9.47 Å². The van der Waals surface area contributed by atoms with E-state index in [1.807, 2.05) is 18.3 Å². The molecule has 6 nitrogen and oxygen atoms in total. The maximum Gasteiger partial charge on any atom is 0.161 e. The van der Waals surface area contributed by atoms with Crippen molar-refractivity contribution in [1.29, 1.82) is 0 Å². The number of likely N-dealkylation sites (tertiary alicyclic amines) is 1. The van der Waals surface area contributed by atoms with Gasteiger partial charge in [-0.2, -0.15) is 0 Å². The standard InChI is InChI=1S/C20H26N4O2/c1-23(2)14-16-7-8-21-20(22-16)17-4-3-9-24(17)13-15-5-6-18-19(12-15)26-11-10-25-18/h5-8,12,17H,3-4,9-11,13-14H2,1-2H3. The molecule has 26 heavy (non-hydrogen) atoms. The van der Waals surface area contributed by atoms with Gasteiger partial charge in [-0.05, 0) is 57.2 Å². The van der Waals surface area contributed by atoms with Crippen molar-refractivity contribution in [2.75, 3.05) is 33.9 Å². The zero-order valence-electron chi connectivity index (χ0n) is 15.5. The molecule has 1 atom stereocenters. The molecule has 3 heterocycles. The second kappa shape index (κ2) is 7.60. The molecule has 0 bridgehead atoms. The Morgan fingerprint density at radius 3 is 2.85 bits per heavy atom. The predicted octanol–water partition coefficient (Wildman–Crippen LogP) is 2.65. The molecule has 0 amide bonds. The summed E-state index contributed by atoms with van der Waals surface area (Å²) in [4.78, 5) is 14.0. The molecule has 2 aromatic rings. The maximum atomic E-state index is 5.72. The highest BCUT2D eigenvalue weighted by atomic mass is 16.6. The van der Waals surface area contributed by atoms with Gasteiger partial charge in [-0.3, -0.25) is 4.90 Å². The molecule has 0 N–H and O–H groups in total. The van der Waals surface area contributed by atoms with Crippen LogP contribution in [0.3, 0.4) is 0 Å². The Morgan fingerprint density at radius 2 is 2.00 bits per heavy atom. The average Bonchev–Trinajstić information content (AvgIpc) is 3.09. The van der Waals surface area contributed by atoms with Gasteiger partial charge < -0.3 is 14.4 Å². The van der Waals surface area contributed by atoms with E-state index in [-0.39, 0.29) is 6.04 Å². The van der Waals surface area contributed by atoms with E-state index in [1.54, 1.807) is 0 Å². The second-order valence-corrected chi connectivity index (χ2v) is 7.25. The first kappa shape index (κ1) is 17.2. The zero-order chi connectivity index (χ0) is 17.9. The Labute approximate surface area is 154 Å². The highest BCUT2D eigenvalue weighted by Gasteiger charge is 2.28. The maximum absolute atomic E-state index is 5.72. The first-order valence-electron chi connectivity index (χ1n) is 9.28. The van der Waals surface area contributed by atoms with Gasteiger partial charge in [-0.15, -0.1) is 0 Å². The summed E-state index contributed by atoms with van der Waals surface area (Å²) in [5.41, 5.74) is 2.32. The number of hydrogen-bond acceptors (Lipinski definition) is 6. The third-order valence-electron chi connectivity index (χ3n) is 4.86. The van der Waals surface area contributed by atoms with Crippen molar-refractivity contribution in [2.45, 2.75) is 32.0 Å². The SMILES string of the molecule is CN(C)Cc1ccnc(C2CCCN2Cc2ccc3c(c2)OCCO3)n1. The molecular weight excluding hydrogens is 328 g/mol. The molecule has 1 aromatic heterocycles. The summed E-state index contributed by atoms with van der Waals surface area (Å²) in [5.74, 6) is 2.64. The van der Waals surface area contributed by atoms with Crippen molar-refractivity contribution in [3.8, 4) is 11.5 Å². The number of benzene rings is 1. The summed E-state index contributed by atoms with van der Waals surface area (Å²) in [6.07, 6.45) is 4.17. The normalized spacial score (nSPS) is 19.9. The van der Waals surface area contributed by atoms with Gasteiger partial charge in [0.05, 0.1) is 11.7 Å². The van der Waals surface area contributed by atoms with E-state index < -0.39 is 0 Å². The Kier molecular flexibility index (Phi) is 5.04. The number of fused-ring (bicyclic) bond motifs is 1. The summed E-state index contributed by atoms with van der Waals surface area (Å²) in [5, 5.41) is 0. The molecule has 0 saturated carbocycles. The van der Waals surface area contributed by atoms with Gasteiger partial charge in [-0.1, -0.05) is 6.07 Å². The first-order valence-corrected chi connectivity index (χ1v) is 9.28. The van der Waals surface area contributed by atoms with E-state index in [0.29, 0.717) is 13.2 Å². The van der Waals surface area contributed by atoms with Crippen LogP contribution in [0.4, 0.5) is 0 Å². The van der Waals surface area contributed by atoms with Gasteiger partial charge >= 0.3 is 0 Å². The fraction of sp³-hybridized carbons (Fsp3) is 0.500. The van der Waals surface area contributed by atoms with Crippen molar-refractivity contribution in [2.24, 2.45) is 0 Å². The van der Waals surface area contributed by atoms with Crippen LogP contribution in [-0.2, 0) is 13.1 Å². The molecular formula is C20H26N4O2. The number of nitrogens with zero attached hydrogens (tertiary/aromatic N) is 4. The van der Waals surface area contributed by atoms with Crippen LogP contribution in [0, 0.1) is 0 Å². The quantitative estimate of drug-likeness (QED) is 0.823. The van der Waals surface area contributed by atoms with Crippen molar-refractivity contribution in [1.82, 2.24) is 19.8 Å². The molecule has 0 radical (unpaired) electrons. The van der Waals surface area contributed by atoms with E-state index in [0.717, 1.165) is 49.1 Å². The van der Waals surface area contributed by atoms with Crippen LogP contribution in [0.2, 0.25) is 0 Å². The van der Waals surface area contributed by atoms with Crippen LogP contribution in [0.1, 0.15) is 36.0 Å². The number of rotatable bonds is 5. The van der Waals surface area contributed by atoms with E-state index in [9.17, 15) is 0 Å². The van der Waals surface area contributed by atoms with E-state index in [2.05, 4.69) is 41.0 Å². The minimum atomic E-state index is 0.283. The Hall–Kier alpha value is -2.18. The van der Waals surface area contributed by atoms with Gasteiger partial charge in [0.2, 0.25) is 0 Å². The summed E-state index contributed by atoms with van der Waals surface area (Å²) in [6, 6.07) is 8.54. The molecule has 4 rings (SSSR count). The molecule has 1 aromatic carbocycles. The van der Waals surface area contributed by atoms with Gasteiger partial charge in [0, 0.05) is 19.3 Å². The van der Waals surface area contributed by atoms with Crippen LogP contribution < -0.4 is 9.47 Å². The van der Waals surface area contributed by atoms with Gasteiger partial charge in [-0.25, -0.2) is 9.97 Å². The second-order valence-electron chi connectivity index (χ2n) is 7.25. The molecule has 0 aliphatic carbocycles. The lowest BCUT2D eigenvalue weighted by molar-refractivity contribution is 0.170.